The topological polar surface area (TPSA) is 48.9 Å². The summed E-state index contributed by atoms with van der Waals surface area (Å²) in [5.74, 6) is 0.885. The molecule has 2 N–H and O–H groups in total. The summed E-state index contributed by atoms with van der Waals surface area (Å²) in [6, 6.07) is 8.92. The van der Waals surface area contributed by atoms with Crippen molar-refractivity contribution in [1.29, 1.82) is 0 Å². The van der Waals surface area contributed by atoms with Crippen molar-refractivity contribution in [2.75, 3.05) is 40.4 Å². The van der Waals surface area contributed by atoms with Gasteiger partial charge in [0, 0.05) is 40.4 Å². The maximum absolute atomic E-state index is 5.34. The largest absolute Gasteiger partial charge is 0.385 e. The van der Waals surface area contributed by atoms with E-state index >= 15 is 0 Å². The van der Waals surface area contributed by atoms with Gasteiger partial charge in [-0.2, -0.15) is 0 Å². The second-order valence-corrected chi connectivity index (χ2v) is 8.01. The highest BCUT2D eigenvalue weighted by Gasteiger charge is 2.33. The van der Waals surface area contributed by atoms with Gasteiger partial charge in [-0.25, -0.2) is 0 Å². The molecule has 0 aliphatic heterocycles. The summed E-state index contributed by atoms with van der Waals surface area (Å²) in [5, 5.41) is 7.02. The molecular formula is C23H40N4O. The number of guanidine groups is 1. The van der Waals surface area contributed by atoms with Gasteiger partial charge in [0.05, 0.1) is 0 Å². The highest BCUT2D eigenvalue weighted by molar-refractivity contribution is 5.79. The minimum atomic E-state index is 0.361. The number of ether oxygens (including phenoxy) is 1. The lowest BCUT2D eigenvalue weighted by Crippen LogP contribution is -2.43. The first kappa shape index (κ1) is 22.7. The normalized spacial score (nSPS) is 16.5. The van der Waals surface area contributed by atoms with Crippen molar-refractivity contribution in [3.63, 3.8) is 0 Å². The summed E-state index contributed by atoms with van der Waals surface area (Å²) in [4.78, 5) is 6.84. The van der Waals surface area contributed by atoms with E-state index in [1.165, 1.54) is 36.8 Å². The number of nitrogens with zero attached hydrogens (tertiary/aromatic N) is 2. The van der Waals surface area contributed by atoms with Crippen molar-refractivity contribution in [2.45, 2.75) is 59.0 Å². The molecule has 5 heteroatoms. The van der Waals surface area contributed by atoms with Crippen LogP contribution in [0.1, 0.15) is 57.1 Å². The molecule has 5 nitrogen and oxygen atoms in total. The zero-order valence-electron chi connectivity index (χ0n) is 18.4. The van der Waals surface area contributed by atoms with Crippen LogP contribution in [0.5, 0.6) is 0 Å². The van der Waals surface area contributed by atoms with Crippen LogP contribution in [0.25, 0.3) is 0 Å². The van der Waals surface area contributed by atoms with E-state index in [4.69, 9.17) is 4.74 Å². The van der Waals surface area contributed by atoms with Gasteiger partial charge < -0.3 is 15.4 Å². The summed E-state index contributed by atoms with van der Waals surface area (Å²) in [5.41, 5.74) is 3.01. The summed E-state index contributed by atoms with van der Waals surface area (Å²) in [7, 11) is 3.64. The molecule has 0 unspecified atom stereocenters. The number of nitrogens with one attached hydrogen (secondary N) is 2. The van der Waals surface area contributed by atoms with Crippen molar-refractivity contribution in [3.05, 3.63) is 35.4 Å². The van der Waals surface area contributed by atoms with Gasteiger partial charge in [-0.15, -0.1) is 0 Å². The maximum Gasteiger partial charge on any atom is 0.191 e. The molecule has 1 aromatic rings. The molecule has 1 aromatic carbocycles. The number of hydrogen-bond acceptors (Lipinski definition) is 3. The van der Waals surface area contributed by atoms with Crippen molar-refractivity contribution in [2.24, 2.45) is 10.4 Å². The monoisotopic (exact) mass is 388 g/mol. The van der Waals surface area contributed by atoms with E-state index in [1.54, 1.807) is 7.11 Å². The Kier molecular flexibility index (Phi) is 9.79. The molecular weight excluding hydrogens is 348 g/mol. The van der Waals surface area contributed by atoms with Crippen molar-refractivity contribution < 1.29 is 4.74 Å². The fourth-order valence-corrected chi connectivity index (χ4v) is 4.10. The van der Waals surface area contributed by atoms with Gasteiger partial charge >= 0.3 is 0 Å². The van der Waals surface area contributed by atoms with Crippen LogP contribution in [-0.4, -0.2) is 51.3 Å². The van der Waals surface area contributed by atoms with Gasteiger partial charge in [0.15, 0.2) is 5.96 Å². The Bertz CT molecular complexity index is 575. The first-order valence-electron chi connectivity index (χ1n) is 10.9. The summed E-state index contributed by atoms with van der Waals surface area (Å²) in [6.45, 7) is 10.2. The predicted molar refractivity (Wildman–Crippen MR) is 119 cm³/mol. The summed E-state index contributed by atoms with van der Waals surface area (Å²) >= 11 is 0. The van der Waals surface area contributed by atoms with E-state index in [1.807, 2.05) is 7.05 Å². The van der Waals surface area contributed by atoms with Gasteiger partial charge in [0.25, 0.3) is 0 Å². The molecule has 28 heavy (non-hydrogen) atoms. The lowest BCUT2D eigenvalue weighted by Gasteiger charge is -2.30. The van der Waals surface area contributed by atoms with E-state index in [9.17, 15) is 0 Å². The van der Waals surface area contributed by atoms with Gasteiger partial charge in [-0.05, 0) is 48.9 Å². The maximum atomic E-state index is 5.34. The van der Waals surface area contributed by atoms with Crippen LogP contribution in [0.2, 0.25) is 0 Å². The molecule has 2 rings (SSSR count). The first-order valence-corrected chi connectivity index (χ1v) is 10.9. The molecule has 0 heterocycles. The third kappa shape index (κ3) is 7.10. The molecule has 0 amide bonds. The van der Waals surface area contributed by atoms with Crippen LogP contribution in [0.4, 0.5) is 0 Å². The van der Waals surface area contributed by atoms with E-state index in [0.717, 1.165) is 51.7 Å². The van der Waals surface area contributed by atoms with Gasteiger partial charge in [-0.1, -0.05) is 51.0 Å². The van der Waals surface area contributed by atoms with E-state index in [2.05, 4.69) is 58.6 Å². The Labute approximate surface area is 171 Å². The second kappa shape index (κ2) is 12.1. The van der Waals surface area contributed by atoms with Crippen molar-refractivity contribution in [1.82, 2.24) is 15.5 Å². The van der Waals surface area contributed by atoms with Gasteiger partial charge in [-0.3, -0.25) is 9.89 Å². The number of benzene rings is 1. The number of rotatable bonds is 11. The highest BCUT2D eigenvalue weighted by atomic mass is 16.5. The number of hydrogen-bond donors (Lipinski definition) is 2. The second-order valence-electron chi connectivity index (χ2n) is 8.01. The van der Waals surface area contributed by atoms with Crippen molar-refractivity contribution in [3.8, 4) is 0 Å². The fraction of sp³-hybridized carbons (Fsp3) is 0.696. The zero-order chi connectivity index (χ0) is 20.2. The van der Waals surface area contributed by atoms with Crippen LogP contribution in [0.3, 0.4) is 0 Å². The average Bonchev–Trinajstić information content (AvgIpc) is 3.20. The lowest BCUT2D eigenvalue weighted by atomic mass is 9.83. The Morgan fingerprint density at radius 1 is 1.07 bits per heavy atom. The summed E-state index contributed by atoms with van der Waals surface area (Å²) < 4.78 is 5.34. The zero-order valence-corrected chi connectivity index (χ0v) is 18.4. The van der Waals surface area contributed by atoms with Crippen LogP contribution >= 0.6 is 0 Å². The third-order valence-corrected chi connectivity index (χ3v) is 6.14. The highest BCUT2D eigenvalue weighted by Crippen LogP contribution is 2.40. The van der Waals surface area contributed by atoms with E-state index in [0.29, 0.717) is 5.41 Å². The predicted octanol–water partition coefficient (Wildman–Crippen LogP) is 3.79. The number of methoxy groups -OCH3 is 1. The molecule has 1 saturated carbocycles. The molecule has 0 saturated heterocycles. The molecule has 0 spiro atoms. The summed E-state index contributed by atoms with van der Waals surface area (Å²) in [6.07, 6.45) is 6.36. The first-order chi connectivity index (χ1) is 13.6. The molecule has 1 aliphatic carbocycles. The van der Waals surface area contributed by atoms with E-state index < -0.39 is 0 Å². The Balaban J connectivity index is 1.81. The fourth-order valence-electron chi connectivity index (χ4n) is 4.10. The lowest BCUT2D eigenvalue weighted by molar-refractivity contribution is 0.138. The molecule has 0 atom stereocenters. The van der Waals surface area contributed by atoms with Gasteiger partial charge in [0.2, 0.25) is 0 Å². The molecule has 158 valence electrons. The van der Waals surface area contributed by atoms with Gasteiger partial charge in [0.1, 0.15) is 0 Å². The van der Waals surface area contributed by atoms with Crippen LogP contribution in [0, 0.1) is 5.41 Å². The van der Waals surface area contributed by atoms with Crippen LogP contribution in [0.15, 0.2) is 29.3 Å². The molecule has 0 bridgehead atoms. The van der Waals surface area contributed by atoms with Crippen molar-refractivity contribution >= 4 is 5.96 Å². The quantitative estimate of drug-likeness (QED) is 0.447. The Hall–Kier alpha value is -1.59. The minimum absolute atomic E-state index is 0.361. The molecule has 1 fully saturated rings. The Morgan fingerprint density at radius 3 is 2.29 bits per heavy atom. The molecule has 0 aromatic heterocycles. The standard InChI is InChI=1S/C23H40N4O/c1-5-27(6-2)18-21-11-9-20(10-12-21)17-25-22(24-3)26-19-23(15-16-28-4)13-7-8-14-23/h9-12H,5-8,13-19H2,1-4H3,(H2,24,25,26). The smallest absolute Gasteiger partial charge is 0.191 e. The molecule has 0 radical (unpaired) electrons. The average molecular weight is 389 g/mol. The Morgan fingerprint density at radius 2 is 1.71 bits per heavy atom. The number of aliphatic imine (C=N–C) groups is 1. The van der Waals surface area contributed by atoms with Crippen LogP contribution in [-0.2, 0) is 17.8 Å². The minimum Gasteiger partial charge on any atom is -0.385 e. The third-order valence-electron chi connectivity index (χ3n) is 6.14. The SMILES string of the molecule is CCN(CC)Cc1ccc(CNC(=NC)NCC2(CCOC)CCCC2)cc1. The molecule has 1 aliphatic rings. The van der Waals surface area contributed by atoms with Crippen LogP contribution < -0.4 is 10.6 Å². The van der Waals surface area contributed by atoms with E-state index in [-0.39, 0.29) is 0 Å².